The summed E-state index contributed by atoms with van der Waals surface area (Å²) in [5.41, 5.74) is 2.22. The van der Waals surface area contributed by atoms with Gasteiger partial charge in [-0.05, 0) is 48.2 Å². The molecule has 0 aromatic heterocycles. The van der Waals surface area contributed by atoms with E-state index in [0.717, 1.165) is 15.5 Å². The Morgan fingerprint density at radius 1 is 1.08 bits per heavy atom. The maximum atomic E-state index is 12.8. The van der Waals surface area contributed by atoms with Crippen LogP contribution >= 0.6 is 35.4 Å². The number of halogens is 2. The van der Waals surface area contributed by atoms with Gasteiger partial charge >= 0.3 is 0 Å². The van der Waals surface area contributed by atoms with Crippen LogP contribution in [-0.2, 0) is 10.0 Å². The fourth-order valence-corrected chi connectivity index (χ4v) is 4.26. The molecule has 1 aliphatic heterocycles. The molecule has 0 bridgehead atoms. The van der Waals surface area contributed by atoms with Crippen molar-refractivity contribution in [2.24, 2.45) is 5.10 Å². The molecule has 2 aromatic rings. The molecule has 8 heteroatoms. The summed E-state index contributed by atoms with van der Waals surface area (Å²) >= 11 is 16.8. The molecule has 0 unspecified atom stereocenters. The quantitative estimate of drug-likeness (QED) is 0.692. The molecule has 4 nitrogen and oxygen atoms in total. The summed E-state index contributed by atoms with van der Waals surface area (Å²) < 4.78 is 26.8. The van der Waals surface area contributed by atoms with Crippen LogP contribution in [0.4, 0.5) is 0 Å². The Morgan fingerprint density at radius 3 is 2.44 bits per heavy atom. The molecule has 1 aliphatic rings. The molecule has 2 aromatic carbocycles. The van der Waals surface area contributed by atoms with Gasteiger partial charge in [-0.2, -0.15) is 17.9 Å². The second-order valence-corrected chi connectivity index (χ2v) is 8.41. The summed E-state index contributed by atoms with van der Waals surface area (Å²) in [4.78, 5) is 0.187. The predicted octanol–water partition coefficient (Wildman–Crippen LogP) is 4.53. The number of hydrogen-bond acceptors (Lipinski definition) is 4. The summed E-state index contributed by atoms with van der Waals surface area (Å²) in [6.45, 7) is 0.335. The number of hydrazone groups is 1. The Balaban J connectivity index is 1.95. The van der Waals surface area contributed by atoms with Gasteiger partial charge in [0.25, 0.3) is 10.0 Å². The van der Waals surface area contributed by atoms with Gasteiger partial charge in [0.15, 0.2) is 0 Å². The van der Waals surface area contributed by atoms with Crippen molar-refractivity contribution in [2.45, 2.75) is 17.7 Å². The minimum Gasteiger partial charge on any atom is -0.200 e. The molecule has 3 rings (SSSR count). The van der Waals surface area contributed by atoms with Crippen LogP contribution in [0.3, 0.4) is 0 Å². The molecule has 0 aliphatic carbocycles. The average molecular weight is 413 g/mol. The van der Waals surface area contributed by atoms with E-state index in [9.17, 15) is 8.42 Å². The van der Waals surface area contributed by atoms with Gasteiger partial charge in [0, 0.05) is 5.37 Å². The Morgan fingerprint density at radius 2 is 1.80 bits per heavy atom. The fourth-order valence-electron chi connectivity index (χ4n) is 2.51. The molecule has 0 radical (unpaired) electrons. The van der Waals surface area contributed by atoms with Crippen molar-refractivity contribution in [3.63, 3.8) is 0 Å². The first-order valence-corrected chi connectivity index (χ1v) is 10.2. The molecule has 0 N–H and O–H groups in total. The maximum Gasteiger partial charge on any atom is 0.279 e. The van der Waals surface area contributed by atoms with E-state index in [1.807, 2.05) is 0 Å². The smallest absolute Gasteiger partial charge is 0.200 e. The third kappa shape index (κ3) is 3.87. The molecule has 0 spiro atoms. The molecular weight excluding hydrogens is 399 g/mol. The number of rotatable bonds is 4. The lowest BCUT2D eigenvalue weighted by Gasteiger charge is -2.25. The van der Waals surface area contributed by atoms with Crippen molar-refractivity contribution >= 4 is 56.5 Å². The highest BCUT2D eigenvalue weighted by molar-refractivity contribution is 7.89. The first kappa shape index (κ1) is 18.3. The third-order valence-electron chi connectivity index (χ3n) is 3.84. The Bertz CT molecular complexity index is 942. The molecule has 0 saturated heterocycles. The molecule has 25 heavy (non-hydrogen) atoms. The second kappa shape index (κ2) is 7.41. The summed E-state index contributed by atoms with van der Waals surface area (Å²) in [6, 6.07) is 11.6. The minimum atomic E-state index is -3.71. The molecule has 1 heterocycles. The topological polar surface area (TPSA) is 49.7 Å². The van der Waals surface area contributed by atoms with Crippen LogP contribution in [0.1, 0.15) is 24.0 Å². The normalized spacial score (nSPS) is 15.0. The first-order chi connectivity index (χ1) is 11.9. The van der Waals surface area contributed by atoms with E-state index in [1.165, 1.54) is 17.5 Å². The molecule has 130 valence electrons. The van der Waals surface area contributed by atoms with Gasteiger partial charge in [-0.15, -0.1) is 0 Å². The molecule has 0 amide bonds. The van der Waals surface area contributed by atoms with E-state index in [4.69, 9.17) is 35.4 Å². The second-order valence-electron chi connectivity index (χ2n) is 5.52. The van der Waals surface area contributed by atoms with Crippen LogP contribution in [0.25, 0.3) is 0 Å². The van der Waals surface area contributed by atoms with Gasteiger partial charge in [0.05, 0.1) is 27.2 Å². The zero-order valence-electron chi connectivity index (χ0n) is 13.0. The number of hydrogen-bond donors (Lipinski definition) is 0. The highest BCUT2D eigenvalue weighted by atomic mass is 35.5. The monoisotopic (exact) mass is 412 g/mol. The van der Waals surface area contributed by atoms with Crippen LogP contribution in [0.15, 0.2) is 52.5 Å². The molecular formula is C17H14Cl2N2O2S2. The molecule has 0 fully saturated rings. The lowest BCUT2D eigenvalue weighted by molar-refractivity contribution is 0.410. The number of benzene rings is 2. The van der Waals surface area contributed by atoms with E-state index in [0.29, 0.717) is 35.1 Å². The molecule has 0 saturated carbocycles. The molecule has 0 atom stereocenters. The number of thiocarbonyl (C=S) groups is 1. The van der Waals surface area contributed by atoms with Gasteiger partial charge in [0.1, 0.15) is 0 Å². The zero-order valence-corrected chi connectivity index (χ0v) is 16.2. The number of nitrogens with zero attached hydrogens (tertiary/aromatic N) is 2. The summed E-state index contributed by atoms with van der Waals surface area (Å²) in [7, 11) is -3.71. The highest BCUT2D eigenvalue weighted by Crippen LogP contribution is 2.26. The van der Waals surface area contributed by atoms with Crippen LogP contribution < -0.4 is 0 Å². The van der Waals surface area contributed by atoms with Gasteiger partial charge < -0.3 is 0 Å². The number of sulfonamides is 1. The van der Waals surface area contributed by atoms with E-state index < -0.39 is 10.0 Å². The van der Waals surface area contributed by atoms with E-state index in [1.54, 1.807) is 30.3 Å². The average Bonchev–Trinajstić information content (AvgIpc) is 2.64. The first-order valence-electron chi connectivity index (χ1n) is 7.53. The van der Waals surface area contributed by atoms with Crippen molar-refractivity contribution in [2.75, 3.05) is 6.54 Å². The van der Waals surface area contributed by atoms with Gasteiger partial charge in [-0.25, -0.2) is 0 Å². The largest absolute Gasteiger partial charge is 0.279 e. The SMILES string of the molecule is O=S(=O)(c1ccc(C=S)cc1)N1CCCC(c2ccc(Cl)c(Cl)c2)=N1. The van der Waals surface area contributed by atoms with Crippen LogP contribution in [0.2, 0.25) is 10.0 Å². The van der Waals surface area contributed by atoms with Crippen LogP contribution in [0, 0.1) is 0 Å². The predicted molar refractivity (Wildman–Crippen MR) is 105 cm³/mol. The van der Waals surface area contributed by atoms with E-state index >= 15 is 0 Å². The van der Waals surface area contributed by atoms with Gasteiger partial charge in [-0.3, -0.25) is 0 Å². The van der Waals surface area contributed by atoms with Crippen molar-refractivity contribution in [1.82, 2.24) is 4.41 Å². The fraction of sp³-hybridized carbons (Fsp3) is 0.176. The Labute approximate surface area is 162 Å². The lowest BCUT2D eigenvalue weighted by Crippen LogP contribution is -2.32. The van der Waals surface area contributed by atoms with Crippen LogP contribution in [0.5, 0.6) is 0 Å². The standard InChI is InChI=1S/C17H14Cl2N2O2S2/c18-15-8-5-13(10-16(15)19)17-2-1-9-21(20-17)25(22,23)14-6-3-12(11-24)4-7-14/h3-8,10-11H,1-2,9H2. The highest BCUT2D eigenvalue weighted by Gasteiger charge is 2.26. The van der Waals surface area contributed by atoms with Gasteiger partial charge in [-0.1, -0.05) is 53.6 Å². The van der Waals surface area contributed by atoms with Crippen molar-refractivity contribution < 1.29 is 8.42 Å². The van der Waals surface area contributed by atoms with Gasteiger partial charge in [0.2, 0.25) is 0 Å². The van der Waals surface area contributed by atoms with Crippen molar-refractivity contribution in [1.29, 1.82) is 0 Å². The van der Waals surface area contributed by atoms with E-state index in [-0.39, 0.29) is 4.90 Å². The Hall–Kier alpha value is -1.47. The van der Waals surface area contributed by atoms with Crippen molar-refractivity contribution in [3.05, 3.63) is 63.6 Å². The minimum absolute atomic E-state index is 0.187. The van der Waals surface area contributed by atoms with E-state index in [2.05, 4.69) is 5.10 Å². The summed E-state index contributed by atoms with van der Waals surface area (Å²) in [6.07, 6.45) is 1.35. The third-order valence-corrected chi connectivity index (χ3v) is 6.54. The van der Waals surface area contributed by atoms with Crippen LogP contribution in [-0.4, -0.2) is 30.5 Å². The van der Waals surface area contributed by atoms with Crippen molar-refractivity contribution in [3.8, 4) is 0 Å². The summed E-state index contributed by atoms with van der Waals surface area (Å²) in [5, 5.41) is 6.71. The Kier molecular flexibility index (Phi) is 5.43. The summed E-state index contributed by atoms with van der Waals surface area (Å²) in [5.74, 6) is 0. The maximum absolute atomic E-state index is 12.8. The lowest BCUT2D eigenvalue weighted by atomic mass is 10.1. The zero-order chi connectivity index (χ0) is 18.0.